The Labute approximate surface area is 144 Å². The van der Waals surface area contributed by atoms with E-state index in [0.717, 1.165) is 29.4 Å². The number of carbonyl (C=O) groups is 1. The number of hydrogen-bond acceptors (Lipinski definition) is 5. The molecule has 0 aliphatic rings. The fraction of sp³-hybridized carbons (Fsp3) is 0.529. The third-order valence-electron chi connectivity index (χ3n) is 3.76. The van der Waals surface area contributed by atoms with Crippen LogP contribution < -0.4 is 5.32 Å². The number of carbonyl (C=O) groups excluding carboxylic acids is 1. The zero-order chi connectivity index (χ0) is 17.7. The summed E-state index contributed by atoms with van der Waals surface area (Å²) in [6, 6.07) is 3.08. The maximum Gasteiger partial charge on any atom is 0.341 e. The van der Waals surface area contributed by atoms with E-state index in [-0.39, 0.29) is 5.97 Å². The first kappa shape index (κ1) is 18.5. The van der Waals surface area contributed by atoms with Crippen LogP contribution in [0.15, 0.2) is 18.5 Å². The molecule has 2 aromatic heterocycles. The van der Waals surface area contributed by atoms with Crippen molar-refractivity contribution in [3.05, 3.63) is 24.0 Å². The van der Waals surface area contributed by atoms with Crippen LogP contribution in [-0.4, -0.2) is 43.9 Å². The van der Waals surface area contributed by atoms with E-state index in [0.29, 0.717) is 18.9 Å². The van der Waals surface area contributed by atoms with Crippen LogP contribution in [-0.2, 0) is 16.2 Å². The molecule has 0 amide bonds. The fourth-order valence-electron chi connectivity index (χ4n) is 2.42. The molecule has 0 radical (unpaired) electrons. The molecular weight excluding hydrogens is 322 g/mol. The first-order valence-corrected chi connectivity index (χ1v) is 12.0. The molecule has 0 aromatic carbocycles. The summed E-state index contributed by atoms with van der Waals surface area (Å²) < 4.78 is 12.8. The lowest BCUT2D eigenvalue weighted by atomic mass is 10.2. The largest absolute Gasteiger partial charge is 0.462 e. The second-order valence-electron chi connectivity index (χ2n) is 6.89. The summed E-state index contributed by atoms with van der Waals surface area (Å²) in [7, 11) is 0.704. The van der Waals surface area contributed by atoms with E-state index in [1.165, 1.54) is 0 Å². The second-order valence-corrected chi connectivity index (χ2v) is 12.5. The molecule has 2 aromatic rings. The number of hydrogen-bond donors (Lipinski definition) is 1. The third kappa shape index (κ3) is 4.36. The molecular formula is C17H27N3O3Si. The first-order chi connectivity index (χ1) is 11.4. The summed E-state index contributed by atoms with van der Waals surface area (Å²) in [5.41, 5.74) is 1.98. The average Bonchev–Trinajstić information content (AvgIpc) is 2.93. The van der Waals surface area contributed by atoms with Crippen molar-refractivity contribution >= 4 is 30.8 Å². The van der Waals surface area contributed by atoms with E-state index in [9.17, 15) is 4.79 Å². The van der Waals surface area contributed by atoms with Crippen LogP contribution in [0.25, 0.3) is 11.0 Å². The summed E-state index contributed by atoms with van der Waals surface area (Å²) in [5, 5.41) is 3.97. The van der Waals surface area contributed by atoms with Crippen molar-refractivity contribution in [1.82, 2.24) is 9.55 Å². The Morgan fingerprint density at radius 3 is 2.75 bits per heavy atom. The van der Waals surface area contributed by atoms with Crippen LogP contribution in [0.3, 0.4) is 0 Å². The van der Waals surface area contributed by atoms with E-state index in [1.54, 1.807) is 20.2 Å². The van der Waals surface area contributed by atoms with Gasteiger partial charge in [0.25, 0.3) is 0 Å². The highest BCUT2D eigenvalue weighted by Crippen LogP contribution is 2.27. The third-order valence-corrected chi connectivity index (χ3v) is 5.46. The van der Waals surface area contributed by atoms with Gasteiger partial charge in [0.1, 0.15) is 17.9 Å². The molecule has 1 N–H and O–H groups in total. The van der Waals surface area contributed by atoms with Crippen molar-refractivity contribution in [3.63, 3.8) is 0 Å². The van der Waals surface area contributed by atoms with Crippen molar-refractivity contribution in [2.24, 2.45) is 0 Å². The highest BCUT2D eigenvalue weighted by molar-refractivity contribution is 6.76. The van der Waals surface area contributed by atoms with E-state index in [2.05, 4.69) is 29.9 Å². The Morgan fingerprint density at radius 1 is 1.38 bits per heavy atom. The number of anilines is 1. The van der Waals surface area contributed by atoms with Gasteiger partial charge in [0.2, 0.25) is 0 Å². The van der Waals surface area contributed by atoms with E-state index >= 15 is 0 Å². The number of nitrogens with one attached hydrogen (secondary N) is 1. The Hall–Kier alpha value is -1.86. The Kier molecular flexibility index (Phi) is 6.01. The standard InChI is InChI=1S/C17H27N3O3Si/c1-6-23-17(21)14-11-19-16-13(15(14)18-2)7-8-20(16)12-22-9-10-24(3,4)5/h7-8,11H,6,9-10,12H2,1-5H3,(H,18,19). The number of aromatic nitrogens is 2. The van der Waals surface area contributed by atoms with Crippen molar-refractivity contribution in [3.8, 4) is 0 Å². The molecule has 0 fully saturated rings. The number of esters is 1. The van der Waals surface area contributed by atoms with E-state index in [1.807, 2.05) is 16.8 Å². The lowest BCUT2D eigenvalue weighted by Gasteiger charge is -2.16. The van der Waals surface area contributed by atoms with Gasteiger partial charge in [-0.2, -0.15) is 0 Å². The normalized spacial score (nSPS) is 11.7. The van der Waals surface area contributed by atoms with Gasteiger partial charge in [0.15, 0.2) is 0 Å². The minimum Gasteiger partial charge on any atom is -0.462 e. The van der Waals surface area contributed by atoms with Gasteiger partial charge in [-0.1, -0.05) is 19.6 Å². The number of nitrogens with zero attached hydrogens (tertiary/aromatic N) is 2. The smallest absolute Gasteiger partial charge is 0.341 e. The molecule has 2 heterocycles. The van der Waals surface area contributed by atoms with Gasteiger partial charge in [-0.25, -0.2) is 9.78 Å². The average molecular weight is 350 g/mol. The molecule has 0 spiro atoms. The summed E-state index contributed by atoms with van der Waals surface area (Å²) >= 11 is 0. The predicted molar refractivity (Wildman–Crippen MR) is 99.3 cm³/mol. The molecule has 7 heteroatoms. The first-order valence-electron chi connectivity index (χ1n) is 8.28. The summed E-state index contributed by atoms with van der Waals surface area (Å²) in [5.74, 6) is -0.365. The van der Waals surface area contributed by atoms with Crippen molar-refractivity contribution in [2.45, 2.75) is 39.3 Å². The summed E-state index contributed by atoms with van der Waals surface area (Å²) in [4.78, 5) is 16.5. The molecule has 0 bridgehead atoms. The Bertz CT molecular complexity index is 707. The molecule has 0 saturated heterocycles. The van der Waals surface area contributed by atoms with E-state index < -0.39 is 8.07 Å². The maximum absolute atomic E-state index is 12.0. The van der Waals surface area contributed by atoms with Gasteiger partial charge in [0, 0.05) is 39.5 Å². The van der Waals surface area contributed by atoms with Crippen molar-refractivity contribution in [2.75, 3.05) is 25.6 Å². The number of ether oxygens (including phenoxy) is 2. The number of pyridine rings is 1. The summed E-state index contributed by atoms with van der Waals surface area (Å²) in [6.45, 7) is 10.3. The van der Waals surface area contributed by atoms with Crippen LogP contribution in [0.5, 0.6) is 0 Å². The van der Waals surface area contributed by atoms with Crippen LogP contribution in [0, 0.1) is 0 Å². The molecule has 0 atom stereocenters. The van der Waals surface area contributed by atoms with Gasteiger partial charge < -0.3 is 19.4 Å². The lowest BCUT2D eigenvalue weighted by molar-refractivity contribution is 0.0527. The number of rotatable bonds is 8. The number of fused-ring (bicyclic) bond motifs is 1. The van der Waals surface area contributed by atoms with Gasteiger partial charge in [-0.15, -0.1) is 0 Å². The molecule has 0 aliphatic heterocycles. The van der Waals surface area contributed by atoms with Gasteiger partial charge in [-0.05, 0) is 19.0 Å². The highest BCUT2D eigenvalue weighted by Gasteiger charge is 2.18. The zero-order valence-electron chi connectivity index (χ0n) is 15.2. The topological polar surface area (TPSA) is 65.4 Å². The van der Waals surface area contributed by atoms with Crippen LogP contribution in [0.4, 0.5) is 5.69 Å². The minimum atomic E-state index is -1.09. The Morgan fingerprint density at radius 2 is 2.12 bits per heavy atom. The Balaban J connectivity index is 2.19. The van der Waals surface area contributed by atoms with Crippen molar-refractivity contribution < 1.29 is 14.3 Å². The molecule has 0 unspecified atom stereocenters. The maximum atomic E-state index is 12.0. The van der Waals surface area contributed by atoms with Crippen molar-refractivity contribution in [1.29, 1.82) is 0 Å². The quantitative estimate of drug-likeness (QED) is 0.448. The van der Waals surface area contributed by atoms with Gasteiger partial charge in [-0.3, -0.25) is 0 Å². The van der Waals surface area contributed by atoms with Crippen LogP contribution >= 0.6 is 0 Å². The predicted octanol–water partition coefficient (Wildman–Crippen LogP) is 3.57. The molecule has 24 heavy (non-hydrogen) atoms. The molecule has 0 saturated carbocycles. The van der Waals surface area contributed by atoms with Gasteiger partial charge >= 0.3 is 5.97 Å². The van der Waals surface area contributed by atoms with E-state index in [4.69, 9.17) is 9.47 Å². The lowest BCUT2D eigenvalue weighted by Crippen LogP contribution is -2.22. The molecule has 6 nitrogen and oxygen atoms in total. The molecule has 0 aliphatic carbocycles. The molecule has 2 rings (SSSR count). The van der Waals surface area contributed by atoms with Crippen LogP contribution in [0.1, 0.15) is 17.3 Å². The van der Waals surface area contributed by atoms with Gasteiger partial charge in [0.05, 0.1) is 12.3 Å². The zero-order valence-corrected chi connectivity index (χ0v) is 16.2. The minimum absolute atomic E-state index is 0.339. The summed E-state index contributed by atoms with van der Waals surface area (Å²) in [6.07, 6.45) is 3.49. The second kappa shape index (κ2) is 7.81. The highest BCUT2D eigenvalue weighted by atomic mass is 28.3. The molecule has 132 valence electrons. The fourth-order valence-corrected chi connectivity index (χ4v) is 3.17. The monoisotopic (exact) mass is 349 g/mol. The SMILES string of the molecule is CCOC(=O)c1cnc2c(ccn2COCC[Si](C)(C)C)c1NC. The van der Waals surface area contributed by atoms with Crippen LogP contribution in [0.2, 0.25) is 25.7 Å².